The van der Waals surface area contributed by atoms with Crippen LogP contribution in [0.2, 0.25) is 0 Å². The fourth-order valence-electron chi connectivity index (χ4n) is 3.72. The minimum atomic E-state index is -3.39. The summed E-state index contributed by atoms with van der Waals surface area (Å²) in [6.45, 7) is 1.82. The van der Waals surface area contributed by atoms with E-state index in [4.69, 9.17) is 0 Å². The number of hydrogen-bond acceptors (Lipinski definition) is 3. The van der Waals surface area contributed by atoms with Crippen LogP contribution < -0.4 is 10.0 Å². The van der Waals surface area contributed by atoms with E-state index in [-0.39, 0.29) is 0 Å². The van der Waals surface area contributed by atoms with Crippen molar-refractivity contribution in [1.82, 2.24) is 4.72 Å². The molecule has 0 heterocycles. The van der Waals surface area contributed by atoms with Crippen LogP contribution in [0.1, 0.15) is 31.2 Å². The summed E-state index contributed by atoms with van der Waals surface area (Å²) in [4.78, 5) is 0.369. The maximum atomic E-state index is 12.0. The summed E-state index contributed by atoms with van der Waals surface area (Å²) < 4.78 is 26.4. The highest BCUT2D eigenvalue weighted by molar-refractivity contribution is 7.89. The van der Waals surface area contributed by atoms with Gasteiger partial charge in [-0.1, -0.05) is 12.5 Å². The summed E-state index contributed by atoms with van der Waals surface area (Å²) in [5.41, 5.74) is 1.69. The summed E-state index contributed by atoms with van der Waals surface area (Å²) in [5, 5.41) is 3.54. The van der Waals surface area contributed by atoms with Crippen molar-refractivity contribution < 1.29 is 8.42 Å². The normalized spacial score (nSPS) is 28.8. The number of rotatable bonds is 4. The molecule has 0 aliphatic heterocycles. The quantitative estimate of drug-likeness (QED) is 0.897. The molecule has 3 rings (SSSR count). The van der Waals surface area contributed by atoms with Crippen LogP contribution >= 0.6 is 0 Å². The molecule has 4 nitrogen and oxygen atoms in total. The predicted octanol–water partition coefficient (Wildman–Crippen LogP) is 2.50. The average Bonchev–Trinajstić information content (AvgIpc) is 3.03. The largest absolute Gasteiger partial charge is 0.382 e. The summed E-state index contributed by atoms with van der Waals surface area (Å²) in [5.74, 6) is 1.65. The van der Waals surface area contributed by atoms with E-state index in [1.807, 2.05) is 19.1 Å². The molecule has 2 fully saturated rings. The first-order chi connectivity index (χ1) is 9.49. The second kappa shape index (κ2) is 5.04. The molecule has 110 valence electrons. The van der Waals surface area contributed by atoms with Crippen molar-refractivity contribution in [3.05, 3.63) is 23.8 Å². The van der Waals surface area contributed by atoms with E-state index < -0.39 is 10.0 Å². The zero-order chi connectivity index (χ0) is 14.3. The fraction of sp³-hybridized carbons (Fsp3) is 0.600. The third kappa shape index (κ3) is 2.44. The van der Waals surface area contributed by atoms with Crippen molar-refractivity contribution in [1.29, 1.82) is 0 Å². The molecule has 3 atom stereocenters. The standard InChI is InChI=1S/C15H22N2O2S/c1-10-3-6-13(9-15(10)20(18,19)16-2)17-14-8-11-4-5-12(14)7-11/h3,6,9,11-12,14,16-17H,4-5,7-8H2,1-2H3. The Balaban J connectivity index is 1.83. The van der Waals surface area contributed by atoms with Crippen LogP contribution in [0.15, 0.2) is 23.1 Å². The van der Waals surface area contributed by atoms with Crippen molar-refractivity contribution in [2.24, 2.45) is 11.8 Å². The van der Waals surface area contributed by atoms with Gasteiger partial charge in [0, 0.05) is 11.7 Å². The number of anilines is 1. The predicted molar refractivity (Wildman–Crippen MR) is 80.3 cm³/mol. The maximum Gasteiger partial charge on any atom is 0.240 e. The van der Waals surface area contributed by atoms with Gasteiger partial charge in [-0.3, -0.25) is 0 Å². The summed E-state index contributed by atoms with van der Waals surface area (Å²) >= 11 is 0. The van der Waals surface area contributed by atoms with Gasteiger partial charge in [-0.15, -0.1) is 0 Å². The van der Waals surface area contributed by atoms with Crippen LogP contribution in [-0.2, 0) is 10.0 Å². The van der Waals surface area contributed by atoms with E-state index in [1.54, 1.807) is 6.07 Å². The molecule has 0 radical (unpaired) electrons. The summed E-state index contributed by atoms with van der Waals surface area (Å²) in [7, 11) is -1.94. The summed E-state index contributed by atoms with van der Waals surface area (Å²) in [6, 6.07) is 6.13. The molecule has 2 bridgehead atoms. The van der Waals surface area contributed by atoms with Crippen LogP contribution in [-0.4, -0.2) is 21.5 Å². The molecule has 5 heteroatoms. The molecule has 1 aromatic carbocycles. The van der Waals surface area contributed by atoms with E-state index in [1.165, 1.54) is 32.7 Å². The number of hydrogen-bond donors (Lipinski definition) is 2. The molecular formula is C15H22N2O2S. The molecule has 2 N–H and O–H groups in total. The monoisotopic (exact) mass is 294 g/mol. The van der Waals surface area contributed by atoms with E-state index in [2.05, 4.69) is 10.0 Å². The van der Waals surface area contributed by atoms with E-state index in [0.717, 1.165) is 23.1 Å². The Labute approximate surface area is 121 Å². The lowest BCUT2D eigenvalue weighted by Gasteiger charge is -2.24. The second-order valence-corrected chi connectivity index (χ2v) is 7.97. The van der Waals surface area contributed by atoms with Crippen molar-refractivity contribution in [2.45, 2.75) is 43.5 Å². The zero-order valence-electron chi connectivity index (χ0n) is 12.0. The second-order valence-electron chi connectivity index (χ2n) is 6.11. The molecular weight excluding hydrogens is 272 g/mol. The highest BCUT2D eigenvalue weighted by atomic mass is 32.2. The van der Waals surface area contributed by atoms with Gasteiger partial charge in [-0.2, -0.15) is 0 Å². The molecule has 0 saturated heterocycles. The molecule has 0 amide bonds. The Bertz CT molecular complexity index is 612. The molecule has 3 unspecified atom stereocenters. The minimum Gasteiger partial charge on any atom is -0.382 e. The molecule has 1 aromatic rings. The molecule has 0 spiro atoms. The van der Waals surface area contributed by atoms with Gasteiger partial charge in [0.1, 0.15) is 0 Å². The van der Waals surface area contributed by atoms with Crippen LogP contribution in [0.25, 0.3) is 0 Å². The van der Waals surface area contributed by atoms with E-state index in [0.29, 0.717) is 10.9 Å². The third-order valence-electron chi connectivity index (χ3n) is 4.84. The van der Waals surface area contributed by atoms with Gasteiger partial charge in [0.2, 0.25) is 10.0 Å². The maximum absolute atomic E-state index is 12.0. The Morgan fingerprint density at radius 2 is 2.00 bits per heavy atom. The van der Waals surface area contributed by atoms with Crippen molar-refractivity contribution >= 4 is 15.7 Å². The van der Waals surface area contributed by atoms with Crippen molar-refractivity contribution in [3.63, 3.8) is 0 Å². The Morgan fingerprint density at radius 3 is 2.60 bits per heavy atom. The molecule has 0 aromatic heterocycles. The lowest BCUT2D eigenvalue weighted by atomic mass is 9.95. The highest BCUT2D eigenvalue weighted by Gasteiger charge is 2.39. The third-order valence-corrected chi connectivity index (χ3v) is 6.39. The van der Waals surface area contributed by atoms with Crippen LogP contribution in [0, 0.1) is 18.8 Å². The van der Waals surface area contributed by atoms with Gasteiger partial charge in [0.15, 0.2) is 0 Å². The van der Waals surface area contributed by atoms with E-state index >= 15 is 0 Å². The zero-order valence-corrected chi connectivity index (χ0v) is 12.8. The van der Waals surface area contributed by atoms with Crippen LogP contribution in [0.5, 0.6) is 0 Å². The molecule has 20 heavy (non-hydrogen) atoms. The lowest BCUT2D eigenvalue weighted by molar-refractivity contribution is 0.439. The Morgan fingerprint density at radius 1 is 1.20 bits per heavy atom. The fourth-order valence-corrected chi connectivity index (χ4v) is 4.72. The number of nitrogens with one attached hydrogen (secondary N) is 2. The molecule has 2 saturated carbocycles. The summed E-state index contributed by atoms with van der Waals surface area (Å²) in [6.07, 6.45) is 5.25. The number of benzene rings is 1. The first-order valence-corrected chi connectivity index (χ1v) is 8.78. The Kier molecular flexibility index (Phi) is 3.50. The SMILES string of the molecule is CNS(=O)(=O)c1cc(NC2CC3CCC2C3)ccc1C. The van der Waals surface area contributed by atoms with Gasteiger partial charge in [0.05, 0.1) is 4.90 Å². The van der Waals surface area contributed by atoms with Gasteiger partial charge in [0.25, 0.3) is 0 Å². The number of fused-ring (bicyclic) bond motifs is 2. The molecule has 2 aliphatic rings. The topological polar surface area (TPSA) is 58.2 Å². The molecule has 2 aliphatic carbocycles. The van der Waals surface area contributed by atoms with Crippen LogP contribution in [0.3, 0.4) is 0 Å². The number of aryl methyl sites for hydroxylation is 1. The smallest absolute Gasteiger partial charge is 0.240 e. The van der Waals surface area contributed by atoms with Crippen molar-refractivity contribution in [3.8, 4) is 0 Å². The average molecular weight is 294 g/mol. The van der Waals surface area contributed by atoms with Gasteiger partial charge in [-0.25, -0.2) is 13.1 Å². The van der Waals surface area contributed by atoms with E-state index in [9.17, 15) is 8.42 Å². The minimum absolute atomic E-state index is 0.369. The van der Waals surface area contributed by atoms with Gasteiger partial charge >= 0.3 is 0 Å². The first kappa shape index (κ1) is 13.9. The van der Waals surface area contributed by atoms with Crippen LogP contribution in [0.4, 0.5) is 5.69 Å². The first-order valence-electron chi connectivity index (χ1n) is 7.30. The Hall–Kier alpha value is -1.07. The van der Waals surface area contributed by atoms with Crippen molar-refractivity contribution in [2.75, 3.05) is 12.4 Å². The lowest BCUT2D eigenvalue weighted by Crippen LogP contribution is -2.26. The number of sulfonamides is 1. The highest BCUT2D eigenvalue weighted by Crippen LogP contribution is 2.45. The van der Waals surface area contributed by atoms with Gasteiger partial charge in [-0.05, 0) is 62.8 Å². The van der Waals surface area contributed by atoms with Gasteiger partial charge < -0.3 is 5.32 Å².